The fraction of sp³-hybridized carbons (Fsp3) is 0.118. The first-order chi connectivity index (χ1) is 12.5. The van der Waals surface area contributed by atoms with Gasteiger partial charge in [0.1, 0.15) is 22.2 Å². The van der Waals surface area contributed by atoms with Crippen LogP contribution in [0.5, 0.6) is 0 Å². The minimum Gasteiger partial charge on any atom is -0.360 e. The first-order valence-corrected chi connectivity index (χ1v) is 9.00. The molecule has 3 rings (SSSR count). The van der Waals surface area contributed by atoms with Crippen molar-refractivity contribution in [2.45, 2.75) is 18.0 Å². The van der Waals surface area contributed by atoms with Gasteiger partial charge in [-0.15, -0.1) is 0 Å². The zero-order chi connectivity index (χ0) is 20.0. The summed E-state index contributed by atoms with van der Waals surface area (Å²) in [4.78, 5) is -0.694. The molecule has 0 radical (unpaired) electrons. The van der Waals surface area contributed by atoms with Crippen LogP contribution < -0.4 is 5.14 Å². The van der Waals surface area contributed by atoms with E-state index in [9.17, 15) is 26.0 Å². The Bertz CT molecular complexity index is 1120. The van der Waals surface area contributed by atoms with E-state index in [0.717, 1.165) is 24.3 Å². The van der Waals surface area contributed by atoms with E-state index in [-0.39, 0.29) is 28.1 Å². The van der Waals surface area contributed by atoms with Crippen molar-refractivity contribution in [2.24, 2.45) is 5.14 Å². The number of sulfonamides is 1. The summed E-state index contributed by atoms with van der Waals surface area (Å²) >= 11 is 0. The van der Waals surface area contributed by atoms with Crippen molar-refractivity contribution in [3.63, 3.8) is 0 Å². The van der Waals surface area contributed by atoms with Crippen LogP contribution in [-0.4, -0.2) is 13.6 Å². The van der Waals surface area contributed by atoms with Crippen LogP contribution in [0.15, 0.2) is 51.9 Å². The molecule has 2 aromatic carbocycles. The number of hydrogen-bond acceptors (Lipinski definition) is 4. The Morgan fingerprint density at radius 3 is 2.37 bits per heavy atom. The molecule has 0 bridgehead atoms. The quantitative estimate of drug-likeness (QED) is 0.670. The summed E-state index contributed by atoms with van der Waals surface area (Å²) in [6.07, 6.45) is -4.54. The molecule has 0 aliphatic heterocycles. The van der Waals surface area contributed by atoms with E-state index in [1.165, 1.54) is 25.1 Å². The molecule has 0 atom stereocenters. The molecule has 0 aliphatic rings. The fourth-order valence-corrected chi connectivity index (χ4v) is 3.23. The second-order valence-corrected chi connectivity index (χ2v) is 7.26. The zero-order valence-corrected chi connectivity index (χ0v) is 14.5. The number of nitrogens with zero attached hydrogens (tertiary/aromatic N) is 1. The van der Waals surface area contributed by atoms with Crippen LogP contribution in [0.4, 0.5) is 17.6 Å². The van der Waals surface area contributed by atoms with E-state index < -0.39 is 32.5 Å². The third-order valence-electron chi connectivity index (χ3n) is 3.85. The van der Waals surface area contributed by atoms with Crippen molar-refractivity contribution >= 4 is 10.0 Å². The first kappa shape index (κ1) is 19.1. The van der Waals surface area contributed by atoms with Gasteiger partial charge in [-0.1, -0.05) is 23.4 Å². The average Bonchev–Trinajstić information content (AvgIpc) is 2.94. The Balaban J connectivity index is 2.16. The van der Waals surface area contributed by atoms with Crippen molar-refractivity contribution in [3.8, 4) is 22.4 Å². The van der Waals surface area contributed by atoms with E-state index in [4.69, 9.17) is 9.66 Å². The largest absolute Gasteiger partial charge is 0.416 e. The van der Waals surface area contributed by atoms with E-state index in [1.54, 1.807) is 0 Å². The van der Waals surface area contributed by atoms with Gasteiger partial charge in [-0.3, -0.25) is 0 Å². The van der Waals surface area contributed by atoms with Gasteiger partial charge in [-0.05, 0) is 36.8 Å². The van der Waals surface area contributed by atoms with Crippen LogP contribution >= 0.6 is 0 Å². The molecule has 1 aromatic heterocycles. The Labute approximate surface area is 151 Å². The van der Waals surface area contributed by atoms with Gasteiger partial charge in [0.25, 0.3) is 0 Å². The molecule has 2 N–H and O–H groups in total. The van der Waals surface area contributed by atoms with Crippen molar-refractivity contribution in [2.75, 3.05) is 0 Å². The number of hydrogen-bond donors (Lipinski definition) is 1. The number of benzene rings is 2. The Morgan fingerprint density at radius 2 is 1.78 bits per heavy atom. The lowest BCUT2D eigenvalue weighted by Crippen LogP contribution is -2.13. The molecular formula is C17H12F4N2O3S. The van der Waals surface area contributed by atoms with Crippen molar-refractivity contribution in [1.29, 1.82) is 0 Å². The molecule has 1 heterocycles. The standard InChI is InChI=1S/C17H12F4N2O3S/c1-9-15(10-5-6-14(13(18)8-10)27(22,24)25)16(23-26-9)11-3-2-4-12(7-11)17(19,20)21/h2-8H,1H3,(H2,22,24,25). The highest BCUT2D eigenvalue weighted by molar-refractivity contribution is 7.89. The molecule has 5 nitrogen and oxygen atoms in total. The predicted molar refractivity (Wildman–Crippen MR) is 88.4 cm³/mol. The lowest BCUT2D eigenvalue weighted by molar-refractivity contribution is -0.137. The van der Waals surface area contributed by atoms with E-state index in [1.807, 2.05) is 0 Å². The normalized spacial score (nSPS) is 12.4. The SMILES string of the molecule is Cc1onc(-c2cccc(C(F)(F)F)c2)c1-c1ccc(S(N)(=O)=O)c(F)c1. The van der Waals surface area contributed by atoms with Gasteiger partial charge < -0.3 is 4.52 Å². The summed E-state index contributed by atoms with van der Waals surface area (Å²) in [6, 6.07) is 7.60. The molecule has 0 amide bonds. The van der Waals surface area contributed by atoms with Crippen molar-refractivity contribution in [3.05, 3.63) is 59.6 Å². The Kier molecular flexibility index (Phi) is 4.56. The third kappa shape index (κ3) is 3.71. The number of alkyl halides is 3. The van der Waals surface area contributed by atoms with Crippen molar-refractivity contribution < 1.29 is 30.5 Å². The Morgan fingerprint density at radius 1 is 1.07 bits per heavy atom. The Hall–Kier alpha value is -2.72. The van der Waals surface area contributed by atoms with Gasteiger partial charge >= 0.3 is 6.18 Å². The molecule has 0 spiro atoms. The second kappa shape index (κ2) is 6.46. The van der Waals surface area contributed by atoms with E-state index in [0.29, 0.717) is 0 Å². The highest BCUT2D eigenvalue weighted by atomic mass is 32.2. The number of nitrogens with two attached hydrogens (primary N) is 1. The molecule has 0 fully saturated rings. The zero-order valence-electron chi connectivity index (χ0n) is 13.7. The summed E-state index contributed by atoms with van der Waals surface area (Å²) in [5, 5.41) is 8.71. The number of primary sulfonamides is 1. The molecule has 3 aromatic rings. The highest BCUT2D eigenvalue weighted by Crippen LogP contribution is 2.37. The number of rotatable bonds is 3. The van der Waals surface area contributed by atoms with Crippen LogP contribution in [0.3, 0.4) is 0 Å². The average molecular weight is 400 g/mol. The molecule has 0 unspecified atom stereocenters. The smallest absolute Gasteiger partial charge is 0.360 e. The van der Waals surface area contributed by atoms with Gasteiger partial charge in [0.05, 0.1) is 11.1 Å². The summed E-state index contributed by atoms with van der Waals surface area (Å²) < 4.78 is 80.8. The van der Waals surface area contributed by atoms with Crippen LogP contribution in [0, 0.1) is 12.7 Å². The molecule has 27 heavy (non-hydrogen) atoms. The fourth-order valence-electron chi connectivity index (χ4n) is 2.64. The van der Waals surface area contributed by atoms with Gasteiger partial charge in [-0.2, -0.15) is 13.2 Å². The molecule has 0 saturated carbocycles. The first-order valence-electron chi connectivity index (χ1n) is 7.45. The summed E-state index contributed by atoms with van der Waals surface area (Å²) in [5.74, 6) is -0.865. The minimum absolute atomic E-state index is 0.0707. The summed E-state index contributed by atoms with van der Waals surface area (Å²) in [5.41, 5.74) is -0.253. The van der Waals surface area contributed by atoms with Gasteiger partial charge in [-0.25, -0.2) is 17.9 Å². The maximum atomic E-state index is 14.2. The monoisotopic (exact) mass is 400 g/mol. The summed E-state index contributed by atoms with van der Waals surface area (Å²) in [6.45, 7) is 1.50. The third-order valence-corrected chi connectivity index (χ3v) is 4.80. The molecule has 142 valence electrons. The van der Waals surface area contributed by atoms with Gasteiger partial charge in [0.2, 0.25) is 10.0 Å². The molecule has 0 saturated heterocycles. The maximum absolute atomic E-state index is 14.2. The molecular weight excluding hydrogens is 388 g/mol. The second-order valence-electron chi connectivity index (χ2n) is 5.73. The van der Waals surface area contributed by atoms with Crippen LogP contribution in [0.1, 0.15) is 11.3 Å². The maximum Gasteiger partial charge on any atom is 0.416 e. The van der Waals surface area contributed by atoms with Crippen molar-refractivity contribution in [1.82, 2.24) is 5.16 Å². The topological polar surface area (TPSA) is 86.2 Å². The van der Waals surface area contributed by atoms with E-state index >= 15 is 0 Å². The lowest BCUT2D eigenvalue weighted by Gasteiger charge is -2.09. The lowest BCUT2D eigenvalue weighted by atomic mass is 9.98. The van der Waals surface area contributed by atoms with Crippen LogP contribution in [0.2, 0.25) is 0 Å². The van der Waals surface area contributed by atoms with Gasteiger partial charge in [0, 0.05) is 5.56 Å². The molecule has 10 heteroatoms. The predicted octanol–water partition coefficient (Wildman–Crippen LogP) is 4.12. The minimum atomic E-state index is -4.54. The summed E-state index contributed by atoms with van der Waals surface area (Å²) in [7, 11) is -4.25. The number of halogens is 4. The molecule has 0 aliphatic carbocycles. The van der Waals surface area contributed by atoms with Crippen LogP contribution in [-0.2, 0) is 16.2 Å². The van der Waals surface area contributed by atoms with Gasteiger partial charge in [0.15, 0.2) is 0 Å². The number of aryl methyl sites for hydroxylation is 1. The van der Waals surface area contributed by atoms with Crippen LogP contribution in [0.25, 0.3) is 22.4 Å². The highest BCUT2D eigenvalue weighted by Gasteiger charge is 2.31. The number of aromatic nitrogens is 1. The van der Waals surface area contributed by atoms with E-state index in [2.05, 4.69) is 5.16 Å².